The third-order valence-corrected chi connectivity index (χ3v) is 2.74. The van der Waals surface area contributed by atoms with Crippen molar-refractivity contribution in [3.8, 4) is 11.4 Å². The Kier molecular flexibility index (Phi) is 3.10. The Bertz CT molecular complexity index is 641. The van der Waals surface area contributed by atoms with Crippen LogP contribution in [0.2, 0.25) is 0 Å². The van der Waals surface area contributed by atoms with Crippen LogP contribution in [-0.4, -0.2) is 16.7 Å². The number of nitrogens with zero attached hydrogens (tertiary/aromatic N) is 1. The zero-order valence-corrected chi connectivity index (χ0v) is 10.4. The molecule has 0 aliphatic carbocycles. The number of hydrogen-bond donors (Lipinski definition) is 1. The maximum Gasteiger partial charge on any atom is 0.251 e. The fourth-order valence-corrected chi connectivity index (χ4v) is 2.01. The van der Waals surface area contributed by atoms with Crippen LogP contribution in [0.25, 0.3) is 5.69 Å². The second kappa shape index (κ2) is 4.55. The lowest BCUT2D eigenvalue weighted by Crippen LogP contribution is -2.13. The minimum atomic E-state index is -0.183. The van der Waals surface area contributed by atoms with Crippen molar-refractivity contribution >= 4 is 12.2 Å². The molecule has 0 spiro atoms. The van der Waals surface area contributed by atoms with Crippen molar-refractivity contribution in [1.29, 1.82) is 0 Å². The molecule has 0 saturated carbocycles. The van der Waals surface area contributed by atoms with Gasteiger partial charge >= 0.3 is 0 Å². The highest BCUT2D eigenvalue weighted by Crippen LogP contribution is 2.15. The van der Waals surface area contributed by atoms with Crippen LogP contribution in [-0.2, 0) is 0 Å². The van der Waals surface area contributed by atoms with Gasteiger partial charge in [0.2, 0.25) is 0 Å². The summed E-state index contributed by atoms with van der Waals surface area (Å²) in [4.78, 5) is 13.8. The van der Waals surface area contributed by atoms with Gasteiger partial charge in [-0.2, -0.15) is 0 Å². The summed E-state index contributed by atoms with van der Waals surface area (Å²) < 4.78 is 7.28. The normalized spacial score (nSPS) is 10.2. The second-order valence-electron chi connectivity index (χ2n) is 3.61. The molecule has 1 aromatic carbocycles. The first-order valence-corrected chi connectivity index (χ1v) is 5.50. The van der Waals surface area contributed by atoms with E-state index in [4.69, 9.17) is 17.0 Å². The number of rotatable bonds is 2. The van der Waals surface area contributed by atoms with E-state index in [1.165, 1.54) is 6.07 Å². The van der Waals surface area contributed by atoms with Gasteiger partial charge in [-0.05, 0) is 43.4 Å². The fourth-order valence-electron chi connectivity index (χ4n) is 1.66. The van der Waals surface area contributed by atoms with Crippen LogP contribution in [0, 0.1) is 11.7 Å². The van der Waals surface area contributed by atoms with Crippen LogP contribution < -0.4 is 10.3 Å². The van der Waals surface area contributed by atoms with Gasteiger partial charge in [0.25, 0.3) is 5.56 Å². The van der Waals surface area contributed by atoms with Gasteiger partial charge in [-0.25, -0.2) is 0 Å². The average molecular weight is 248 g/mol. The molecule has 1 heterocycles. The molecular weight excluding hydrogens is 236 g/mol. The van der Waals surface area contributed by atoms with Crippen molar-refractivity contribution < 1.29 is 4.74 Å². The highest BCUT2D eigenvalue weighted by Gasteiger charge is 2.02. The maximum absolute atomic E-state index is 11.2. The third kappa shape index (κ3) is 2.29. The molecule has 0 saturated heterocycles. The number of H-pyrrole nitrogens is 1. The van der Waals surface area contributed by atoms with Crippen LogP contribution in [0.4, 0.5) is 0 Å². The minimum absolute atomic E-state index is 0.183. The monoisotopic (exact) mass is 248 g/mol. The van der Waals surface area contributed by atoms with Crippen molar-refractivity contribution in [2.24, 2.45) is 0 Å². The van der Waals surface area contributed by atoms with E-state index in [2.05, 4.69) is 4.98 Å². The minimum Gasteiger partial charge on any atom is -0.497 e. The van der Waals surface area contributed by atoms with Crippen LogP contribution >= 0.6 is 12.2 Å². The molecule has 0 aliphatic heterocycles. The van der Waals surface area contributed by atoms with Crippen LogP contribution in [0.3, 0.4) is 0 Å². The highest BCUT2D eigenvalue weighted by molar-refractivity contribution is 7.71. The van der Waals surface area contributed by atoms with Crippen molar-refractivity contribution in [3.05, 3.63) is 51.2 Å². The number of ether oxygens (including phenoxy) is 1. The number of benzene rings is 1. The molecule has 0 amide bonds. The summed E-state index contributed by atoms with van der Waals surface area (Å²) in [5, 5.41) is 0. The lowest BCUT2D eigenvalue weighted by atomic mass is 10.3. The van der Waals surface area contributed by atoms with Gasteiger partial charge in [-0.15, -0.1) is 0 Å². The van der Waals surface area contributed by atoms with Crippen LogP contribution in [0.15, 0.2) is 35.1 Å². The van der Waals surface area contributed by atoms with Crippen molar-refractivity contribution in [2.75, 3.05) is 7.11 Å². The predicted molar refractivity (Wildman–Crippen MR) is 68.5 cm³/mol. The van der Waals surface area contributed by atoms with E-state index >= 15 is 0 Å². The van der Waals surface area contributed by atoms with Gasteiger partial charge in [-0.1, -0.05) is 0 Å². The lowest BCUT2D eigenvalue weighted by Gasteiger charge is -2.10. The standard InChI is InChI=1S/C12H12N2O2S/c1-8-7-11(15)13-12(17)14(8)9-3-5-10(16-2)6-4-9/h3-7H,1-2H3,(H,13,15,17). The van der Waals surface area contributed by atoms with Crippen molar-refractivity contribution in [3.63, 3.8) is 0 Å². The van der Waals surface area contributed by atoms with E-state index in [0.29, 0.717) is 4.77 Å². The Morgan fingerprint density at radius 2 is 1.94 bits per heavy atom. The maximum atomic E-state index is 11.2. The van der Waals surface area contributed by atoms with Crippen LogP contribution in [0.1, 0.15) is 5.69 Å². The van der Waals surface area contributed by atoms with Gasteiger partial charge in [0.1, 0.15) is 5.75 Å². The predicted octanol–water partition coefficient (Wildman–Crippen LogP) is 2.21. The molecule has 0 fully saturated rings. The lowest BCUT2D eigenvalue weighted by molar-refractivity contribution is 0.414. The first-order valence-electron chi connectivity index (χ1n) is 5.09. The summed E-state index contributed by atoms with van der Waals surface area (Å²) in [5.41, 5.74) is 1.51. The Morgan fingerprint density at radius 3 is 2.47 bits per heavy atom. The van der Waals surface area contributed by atoms with Crippen LogP contribution in [0.5, 0.6) is 5.75 Å². The molecule has 0 bridgehead atoms. The molecule has 2 aromatic rings. The summed E-state index contributed by atoms with van der Waals surface area (Å²) in [5.74, 6) is 0.780. The zero-order valence-electron chi connectivity index (χ0n) is 9.56. The van der Waals surface area contributed by atoms with Crippen molar-refractivity contribution in [1.82, 2.24) is 9.55 Å². The summed E-state index contributed by atoms with van der Waals surface area (Å²) >= 11 is 5.15. The molecule has 1 N–H and O–H groups in total. The number of aromatic amines is 1. The molecule has 0 unspecified atom stereocenters. The Balaban J connectivity index is 2.60. The molecule has 2 rings (SSSR count). The van der Waals surface area contributed by atoms with E-state index in [9.17, 15) is 4.79 Å². The number of aromatic nitrogens is 2. The van der Waals surface area contributed by atoms with E-state index in [1.54, 1.807) is 11.7 Å². The van der Waals surface area contributed by atoms with E-state index in [-0.39, 0.29) is 5.56 Å². The summed E-state index contributed by atoms with van der Waals surface area (Å²) in [6.45, 7) is 1.84. The van der Waals surface area contributed by atoms with Gasteiger partial charge in [0, 0.05) is 17.4 Å². The second-order valence-corrected chi connectivity index (χ2v) is 4.00. The molecule has 4 nitrogen and oxygen atoms in total. The van der Waals surface area contributed by atoms with Gasteiger partial charge in [0.05, 0.1) is 7.11 Å². The molecular formula is C12H12N2O2S. The number of methoxy groups -OCH3 is 1. The summed E-state index contributed by atoms with van der Waals surface area (Å²) in [6, 6.07) is 8.99. The van der Waals surface area contributed by atoms with E-state index in [0.717, 1.165) is 17.1 Å². The molecule has 88 valence electrons. The first-order chi connectivity index (χ1) is 8.11. The van der Waals surface area contributed by atoms with E-state index < -0.39 is 0 Å². The number of nitrogens with one attached hydrogen (secondary N) is 1. The number of hydrogen-bond acceptors (Lipinski definition) is 3. The van der Waals surface area contributed by atoms with Gasteiger partial charge < -0.3 is 4.74 Å². The largest absolute Gasteiger partial charge is 0.497 e. The Hall–Kier alpha value is -1.88. The Labute approximate surface area is 104 Å². The molecule has 1 aromatic heterocycles. The molecule has 0 atom stereocenters. The molecule has 0 aliphatic rings. The average Bonchev–Trinajstić information content (AvgIpc) is 2.28. The Morgan fingerprint density at radius 1 is 1.29 bits per heavy atom. The highest BCUT2D eigenvalue weighted by atomic mass is 32.1. The first kappa shape index (κ1) is 11.6. The quantitative estimate of drug-likeness (QED) is 0.829. The third-order valence-electron chi connectivity index (χ3n) is 2.46. The summed E-state index contributed by atoms with van der Waals surface area (Å²) in [7, 11) is 1.62. The van der Waals surface area contributed by atoms with Gasteiger partial charge in [0.15, 0.2) is 4.77 Å². The molecule has 0 radical (unpaired) electrons. The zero-order chi connectivity index (χ0) is 12.4. The van der Waals surface area contributed by atoms with Crippen molar-refractivity contribution in [2.45, 2.75) is 6.92 Å². The topological polar surface area (TPSA) is 47.0 Å². The molecule has 5 heteroatoms. The smallest absolute Gasteiger partial charge is 0.251 e. The fraction of sp³-hybridized carbons (Fsp3) is 0.167. The SMILES string of the molecule is COc1ccc(-n2c(C)cc(=O)[nH]c2=S)cc1. The molecule has 17 heavy (non-hydrogen) atoms. The van der Waals surface area contributed by atoms with Gasteiger partial charge in [-0.3, -0.25) is 14.3 Å². The summed E-state index contributed by atoms with van der Waals surface area (Å²) in [6.07, 6.45) is 0. The number of aryl methyl sites for hydroxylation is 1. The van der Waals surface area contributed by atoms with E-state index in [1.807, 2.05) is 31.2 Å².